The molecular weight excluding hydrogens is 240 g/mol. The molecule has 0 saturated heterocycles. The Morgan fingerprint density at radius 1 is 1.17 bits per heavy atom. The van der Waals surface area contributed by atoms with Crippen LogP contribution in [-0.2, 0) is 5.41 Å². The Hall–Kier alpha value is -1.35. The highest BCUT2D eigenvalue weighted by atomic mass is 32.1. The van der Waals surface area contributed by atoms with E-state index in [1.54, 1.807) is 11.3 Å². The van der Waals surface area contributed by atoms with E-state index in [4.69, 9.17) is 5.73 Å². The van der Waals surface area contributed by atoms with Crippen LogP contribution < -0.4 is 5.73 Å². The molecule has 2 nitrogen and oxygen atoms in total. The first kappa shape index (κ1) is 13.1. The van der Waals surface area contributed by atoms with Gasteiger partial charge in [0, 0.05) is 10.3 Å². The topological polar surface area (TPSA) is 38.9 Å². The maximum Gasteiger partial charge on any atom is 0.137 e. The predicted molar refractivity (Wildman–Crippen MR) is 79.1 cm³/mol. The van der Waals surface area contributed by atoms with E-state index in [9.17, 15) is 0 Å². The number of nitrogen functional groups attached to an aromatic ring is 1. The highest BCUT2D eigenvalue weighted by Crippen LogP contribution is 2.41. The van der Waals surface area contributed by atoms with Crippen molar-refractivity contribution in [3.63, 3.8) is 0 Å². The van der Waals surface area contributed by atoms with Gasteiger partial charge in [-0.15, -0.1) is 11.3 Å². The van der Waals surface area contributed by atoms with Gasteiger partial charge in [-0.3, -0.25) is 0 Å². The van der Waals surface area contributed by atoms with Gasteiger partial charge in [0.1, 0.15) is 10.8 Å². The minimum Gasteiger partial charge on any atom is -0.383 e. The van der Waals surface area contributed by atoms with Crippen molar-refractivity contribution in [3.8, 4) is 0 Å². The first-order valence-corrected chi connectivity index (χ1v) is 7.24. The Bertz CT molecular complexity index is 493. The molecule has 0 unspecified atom stereocenters. The molecule has 0 amide bonds. The third-order valence-electron chi connectivity index (χ3n) is 3.78. The fourth-order valence-corrected chi connectivity index (χ4v) is 3.64. The van der Waals surface area contributed by atoms with Gasteiger partial charge in [0.2, 0.25) is 0 Å². The molecule has 0 saturated carbocycles. The maximum atomic E-state index is 5.92. The molecule has 96 valence electrons. The fraction of sp³-hybridized carbons (Fsp3) is 0.400. The molecule has 0 spiro atoms. The zero-order valence-electron chi connectivity index (χ0n) is 11.2. The van der Waals surface area contributed by atoms with Crippen LogP contribution in [0.2, 0.25) is 0 Å². The molecule has 2 aromatic rings. The normalized spacial score (nSPS) is 11.7. The molecule has 18 heavy (non-hydrogen) atoms. The van der Waals surface area contributed by atoms with E-state index in [0.29, 0.717) is 5.82 Å². The molecule has 0 aliphatic heterocycles. The molecule has 0 aliphatic carbocycles. The highest BCUT2D eigenvalue weighted by Gasteiger charge is 2.34. The molecule has 0 atom stereocenters. The van der Waals surface area contributed by atoms with Crippen LogP contribution in [0.4, 0.5) is 5.82 Å². The van der Waals surface area contributed by atoms with Crippen molar-refractivity contribution < 1.29 is 0 Å². The predicted octanol–water partition coefficient (Wildman–Crippen LogP) is 4.14. The van der Waals surface area contributed by atoms with Crippen molar-refractivity contribution >= 4 is 17.2 Å². The summed E-state index contributed by atoms with van der Waals surface area (Å²) in [7, 11) is 0. The molecule has 1 aromatic carbocycles. The first-order valence-electron chi connectivity index (χ1n) is 6.43. The standard InChI is InChI=1S/C15H20N2S/c1-4-15(5-2,12-9-7-6-8-10-12)14-17-13(16)11(3)18-14/h6-10H,4-5,16H2,1-3H3. The van der Waals surface area contributed by atoms with Gasteiger partial charge in [0.25, 0.3) is 0 Å². The minimum absolute atomic E-state index is 0.00824. The third-order valence-corrected chi connectivity index (χ3v) is 4.97. The van der Waals surface area contributed by atoms with E-state index >= 15 is 0 Å². The second-order valence-corrected chi connectivity index (χ2v) is 5.82. The van der Waals surface area contributed by atoms with Gasteiger partial charge in [-0.2, -0.15) is 0 Å². The van der Waals surface area contributed by atoms with Gasteiger partial charge in [-0.1, -0.05) is 44.2 Å². The quantitative estimate of drug-likeness (QED) is 0.897. The Labute approximate surface area is 113 Å². The minimum atomic E-state index is 0.00824. The number of rotatable bonds is 4. The summed E-state index contributed by atoms with van der Waals surface area (Å²) in [4.78, 5) is 5.71. The van der Waals surface area contributed by atoms with E-state index in [1.165, 1.54) is 5.56 Å². The van der Waals surface area contributed by atoms with Gasteiger partial charge < -0.3 is 5.73 Å². The molecule has 0 radical (unpaired) electrons. The third kappa shape index (κ3) is 2.03. The highest BCUT2D eigenvalue weighted by molar-refractivity contribution is 7.12. The summed E-state index contributed by atoms with van der Waals surface area (Å²) in [5.41, 5.74) is 7.27. The molecule has 1 heterocycles. The van der Waals surface area contributed by atoms with Gasteiger partial charge in [0.05, 0.1) is 0 Å². The number of hydrogen-bond donors (Lipinski definition) is 1. The Balaban J connectivity index is 2.57. The average molecular weight is 260 g/mol. The Morgan fingerprint density at radius 2 is 1.78 bits per heavy atom. The summed E-state index contributed by atoms with van der Waals surface area (Å²) >= 11 is 1.73. The summed E-state index contributed by atoms with van der Waals surface area (Å²) in [6.45, 7) is 6.49. The molecule has 3 heteroatoms. The van der Waals surface area contributed by atoms with Crippen molar-refractivity contribution in [2.24, 2.45) is 0 Å². The van der Waals surface area contributed by atoms with Crippen molar-refractivity contribution in [1.29, 1.82) is 0 Å². The summed E-state index contributed by atoms with van der Waals surface area (Å²) in [5.74, 6) is 0.678. The summed E-state index contributed by atoms with van der Waals surface area (Å²) in [6.07, 6.45) is 2.08. The van der Waals surface area contributed by atoms with E-state index in [2.05, 4.69) is 49.2 Å². The number of aromatic nitrogens is 1. The molecule has 0 bridgehead atoms. The van der Waals surface area contributed by atoms with Crippen LogP contribution >= 0.6 is 11.3 Å². The van der Waals surface area contributed by atoms with Crippen LogP contribution in [0.25, 0.3) is 0 Å². The van der Waals surface area contributed by atoms with Gasteiger partial charge in [-0.05, 0) is 25.3 Å². The zero-order valence-corrected chi connectivity index (χ0v) is 12.1. The number of thiazole rings is 1. The van der Waals surface area contributed by atoms with Crippen molar-refractivity contribution in [1.82, 2.24) is 4.98 Å². The lowest BCUT2D eigenvalue weighted by Crippen LogP contribution is -2.25. The van der Waals surface area contributed by atoms with Gasteiger partial charge in [-0.25, -0.2) is 4.98 Å². The molecule has 0 aliphatic rings. The zero-order chi connectivity index (χ0) is 13.2. The van der Waals surface area contributed by atoms with Crippen LogP contribution in [0.15, 0.2) is 30.3 Å². The fourth-order valence-electron chi connectivity index (χ4n) is 2.45. The number of hydrogen-bond acceptors (Lipinski definition) is 3. The summed E-state index contributed by atoms with van der Waals surface area (Å²) in [5, 5.41) is 1.15. The SMILES string of the molecule is CCC(CC)(c1ccccc1)c1nc(N)c(C)s1. The Morgan fingerprint density at radius 3 is 2.22 bits per heavy atom. The van der Waals surface area contributed by atoms with Crippen LogP contribution in [0, 0.1) is 6.92 Å². The summed E-state index contributed by atoms with van der Waals surface area (Å²) < 4.78 is 0. The monoisotopic (exact) mass is 260 g/mol. The number of benzene rings is 1. The van der Waals surface area contributed by atoms with Crippen molar-refractivity contribution in [3.05, 3.63) is 45.8 Å². The van der Waals surface area contributed by atoms with E-state index in [1.807, 2.05) is 6.92 Å². The lowest BCUT2D eigenvalue weighted by Gasteiger charge is -2.30. The molecular formula is C15H20N2S. The number of aryl methyl sites for hydroxylation is 1. The smallest absolute Gasteiger partial charge is 0.137 e. The van der Waals surface area contributed by atoms with E-state index in [0.717, 1.165) is 22.7 Å². The summed E-state index contributed by atoms with van der Waals surface area (Å²) in [6, 6.07) is 10.6. The van der Waals surface area contributed by atoms with Gasteiger partial charge in [0.15, 0.2) is 0 Å². The first-order chi connectivity index (χ1) is 8.64. The second kappa shape index (κ2) is 5.11. The lowest BCUT2D eigenvalue weighted by atomic mass is 9.76. The maximum absolute atomic E-state index is 5.92. The molecule has 0 fully saturated rings. The van der Waals surface area contributed by atoms with Crippen molar-refractivity contribution in [2.75, 3.05) is 5.73 Å². The Kier molecular flexibility index (Phi) is 3.71. The van der Waals surface area contributed by atoms with E-state index < -0.39 is 0 Å². The van der Waals surface area contributed by atoms with Crippen LogP contribution in [-0.4, -0.2) is 4.98 Å². The number of nitrogens with zero attached hydrogens (tertiary/aromatic N) is 1. The average Bonchev–Trinajstić information content (AvgIpc) is 2.74. The lowest BCUT2D eigenvalue weighted by molar-refractivity contribution is 0.476. The van der Waals surface area contributed by atoms with Gasteiger partial charge >= 0.3 is 0 Å². The van der Waals surface area contributed by atoms with Crippen LogP contribution in [0.3, 0.4) is 0 Å². The molecule has 1 aromatic heterocycles. The van der Waals surface area contributed by atoms with E-state index in [-0.39, 0.29) is 5.41 Å². The molecule has 2 N–H and O–H groups in total. The second-order valence-electron chi connectivity index (χ2n) is 4.62. The molecule has 2 rings (SSSR count). The largest absolute Gasteiger partial charge is 0.383 e. The van der Waals surface area contributed by atoms with Crippen LogP contribution in [0.1, 0.15) is 42.1 Å². The number of anilines is 1. The van der Waals surface area contributed by atoms with Crippen LogP contribution in [0.5, 0.6) is 0 Å². The van der Waals surface area contributed by atoms with Crippen molar-refractivity contribution in [2.45, 2.75) is 39.0 Å². The number of nitrogens with two attached hydrogens (primary N) is 1.